The lowest BCUT2D eigenvalue weighted by atomic mass is 10.1. The number of hydrogen-bond acceptors (Lipinski definition) is 2. The fraction of sp³-hybridized carbons (Fsp3) is 0.250. The largest absolute Gasteiger partial charge is 0.416 e. The number of benzene rings is 2. The molecular formula is C16H13BrF3NOS. The number of anilines is 2. The van der Waals surface area contributed by atoms with Gasteiger partial charge in [-0.15, -0.1) is 0 Å². The van der Waals surface area contributed by atoms with Crippen molar-refractivity contribution in [3.63, 3.8) is 0 Å². The molecule has 122 valence electrons. The van der Waals surface area contributed by atoms with E-state index in [4.69, 9.17) is 0 Å². The fourth-order valence-electron chi connectivity index (χ4n) is 2.61. The molecule has 0 fully saturated rings. The molecule has 7 heteroatoms. The highest BCUT2D eigenvalue weighted by Gasteiger charge is 2.34. The minimum Gasteiger partial charge on any atom is -0.339 e. The van der Waals surface area contributed by atoms with E-state index in [2.05, 4.69) is 15.9 Å². The van der Waals surface area contributed by atoms with E-state index < -0.39 is 22.5 Å². The number of halogens is 4. The van der Waals surface area contributed by atoms with Crippen molar-refractivity contribution in [3.8, 4) is 0 Å². The summed E-state index contributed by atoms with van der Waals surface area (Å²) in [6.45, 7) is 0.549. The Balaban J connectivity index is 2.17. The Hall–Kier alpha value is -1.34. The van der Waals surface area contributed by atoms with Crippen LogP contribution in [0.25, 0.3) is 0 Å². The zero-order chi connectivity index (χ0) is 16.6. The number of para-hydroxylation sites is 1. The smallest absolute Gasteiger partial charge is 0.339 e. The predicted molar refractivity (Wildman–Crippen MR) is 88.0 cm³/mol. The number of nitrogens with zero attached hydrogens (tertiary/aromatic N) is 1. The van der Waals surface area contributed by atoms with E-state index in [9.17, 15) is 17.4 Å². The van der Waals surface area contributed by atoms with Gasteiger partial charge in [0.1, 0.15) is 0 Å². The summed E-state index contributed by atoms with van der Waals surface area (Å²) in [6.07, 6.45) is -3.66. The summed E-state index contributed by atoms with van der Waals surface area (Å²) in [4.78, 5) is 2.88. The van der Waals surface area contributed by atoms with Crippen LogP contribution in [0.15, 0.2) is 52.3 Å². The van der Waals surface area contributed by atoms with E-state index in [0.717, 1.165) is 23.9 Å². The number of fused-ring (bicyclic) bond motifs is 2. The lowest BCUT2D eigenvalue weighted by Crippen LogP contribution is -2.26. The van der Waals surface area contributed by atoms with Crippen molar-refractivity contribution in [1.29, 1.82) is 0 Å². The standard InChI is InChI=1S/C16H13BrF3NOS/c17-8-3-9-21-12-4-1-2-5-14(12)23(22)15-7-6-11(10-13(15)21)16(18,19)20/h1-2,4-7,10H,3,8-9H2. The summed E-state index contributed by atoms with van der Waals surface area (Å²) >= 11 is 3.35. The third kappa shape index (κ3) is 3.04. The van der Waals surface area contributed by atoms with Gasteiger partial charge in [-0.3, -0.25) is 0 Å². The fourth-order valence-corrected chi connectivity index (χ4v) is 4.21. The van der Waals surface area contributed by atoms with Gasteiger partial charge in [-0.05, 0) is 36.8 Å². The van der Waals surface area contributed by atoms with Gasteiger partial charge in [0, 0.05) is 11.9 Å². The van der Waals surface area contributed by atoms with Crippen LogP contribution in [0, 0.1) is 0 Å². The van der Waals surface area contributed by atoms with E-state index >= 15 is 0 Å². The van der Waals surface area contributed by atoms with Crippen molar-refractivity contribution in [2.75, 3.05) is 16.8 Å². The second kappa shape index (κ2) is 6.28. The summed E-state index contributed by atoms with van der Waals surface area (Å²) in [6, 6.07) is 10.6. The Labute approximate surface area is 142 Å². The zero-order valence-electron chi connectivity index (χ0n) is 11.9. The lowest BCUT2D eigenvalue weighted by molar-refractivity contribution is -0.137. The first-order valence-corrected chi connectivity index (χ1v) is 9.26. The van der Waals surface area contributed by atoms with Gasteiger partial charge in [0.25, 0.3) is 0 Å². The highest BCUT2D eigenvalue weighted by atomic mass is 79.9. The third-order valence-corrected chi connectivity index (χ3v) is 5.70. The first-order valence-electron chi connectivity index (χ1n) is 6.99. The molecule has 0 bridgehead atoms. The molecule has 2 aromatic rings. The van der Waals surface area contributed by atoms with Crippen LogP contribution in [0.3, 0.4) is 0 Å². The average molecular weight is 404 g/mol. The molecule has 1 atom stereocenters. The Morgan fingerprint density at radius 2 is 1.74 bits per heavy atom. The topological polar surface area (TPSA) is 20.3 Å². The third-order valence-electron chi connectivity index (χ3n) is 3.65. The van der Waals surface area contributed by atoms with Crippen molar-refractivity contribution in [1.82, 2.24) is 0 Å². The van der Waals surface area contributed by atoms with Crippen LogP contribution in [0.5, 0.6) is 0 Å². The molecule has 0 saturated carbocycles. The van der Waals surface area contributed by atoms with E-state index in [0.29, 0.717) is 27.7 Å². The normalized spacial score (nSPS) is 16.9. The highest BCUT2D eigenvalue weighted by Crippen LogP contribution is 2.44. The molecule has 1 aliphatic rings. The van der Waals surface area contributed by atoms with Gasteiger partial charge in [-0.2, -0.15) is 13.2 Å². The van der Waals surface area contributed by atoms with Crippen molar-refractivity contribution >= 4 is 38.1 Å². The van der Waals surface area contributed by atoms with E-state index in [1.165, 1.54) is 6.07 Å². The van der Waals surface area contributed by atoms with Gasteiger partial charge in [0.2, 0.25) is 0 Å². The van der Waals surface area contributed by atoms with Gasteiger partial charge in [-0.1, -0.05) is 28.1 Å². The first-order chi connectivity index (χ1) is 10.9. The van der Waals surface area contributed by atoms with Crippen LogP contribution in [-0.2, 0) is 17.0 Å². The monoisotopic (exact) mass is 403 g/mol. The van der Waals surface area contributed by atoms with Crippen LogP contribution in [-0.4, -0.2) is 16.1 Å². The van der Waals surface area contributed by atoms with Crippen molar-refractivity contribution in [2.24, 2.45) is 0 Å². The molecule has 2 nitrogen and oxygen atoms in total. The molecule has 0 amide bonds. The zero-order valence-corrected chi connectivity index (χ0v) is 14.3. The molecule has 23 heavy (non-hydrogen) atoms. The molecule has 3 rings (SSSR count). The molecule has 0 spiro atoms. The Morgan fingerprint density at radius 3 is 2.43 bits per heavy atom. The van der Waals surface area contributed by atoms with Gasteiger partial charge in [0.05, 0.1) is 37.5 Å². The Morgan fingerprint density at radius 1 is 1.04 bits per heavy atom. The Bertz CT molecular complexity index is 763. The van der Waals surface area contributed by atoms with Crippen LogP contribution in [0.1, 0.15) is 12.0 Å². The summed E-state index contributed by atoms with van der Waals surface area (Å²) in [7, 11) is -1.47. The molecular weight excluding hydrogens is 391 g/mol. The molecule has 0 N–H and O–H groups in total. The summed E-state index contributed by atoms with van der Waals surface area (Å²) < 4.78 is 51.8. The maximum atomic E-state index is 13.0. The van der Waals surface area contributed by atoms with Gasteiger partial charge in [-0.25, -0.2) is 4.21 Å². The van der Waals surface area contributed by atoms with Crippen LogP contribution in [0.2, 0.25) is 0 Å². The second-order valence-corrected chi connectivity index (χ2v) is 7.32. The molecule has 2 aromatic carbocycles. The minimum atomic E-state index is -4.42. The van der Waals surface area contributed by atoms with E-state index in [-0.39, 0.29) is 0 Å². The minimum absolute atomic E-state index is 0.373. The van der Waals surface area contributed by atoms with E-state index in [1.807, 2.05) is 4.90 Å². The van der Waals surface area contributed by atoms with Crippen molar-refractivity contribution in [2.45, 2.75) is 22.4 Å². The quantitative estimate of drug-likeness (QED) is 0.663. The summed E-state index contributed by atoms with van der Waals surface area (Å²) in [5.74, 6) is 0. The number of alkyl halides is 4. The molecule has 1 aliphatic heterocycles. The van der Waals surface area contributed by atoms with Crippen molar-refractivity contribution < 1.29 is 17.4 Å². The van der Waals surface area contributed by atoms with Gasteiger partial charge < -0.3 is 4.90 Å². The average Bonchev–Trinajstić information content (AvgIpc) is 2.53. The van der Waals surface area contributed by atoms with Gasteiger partial charge in [0.15, 0.2) is 0 Å². The van der Waals surface area contributed by atoms with E-state index in [1.54, 1.807) is 24.3 Å². The molecule has 0 aliphatic carbocycles. The van der Waals surface area contributed by atoms with Crippen molar-refractivity contribution in [3.05, 3.63) is 48.0 Å². The van der Waals surface area contributed by atoms with Crippen LogP contribution >= 0.6 is 15.9 Å². The van der Waals surface area contributed by atoms with Crippen LogP contribution < -0.4 is 4.90 Å². The SMILES string of the molecule is O=S1c2ccccc2N(CCCBr)c2cc(C(F)(F)F)ccc21. The molecule has 0 radical (unpaired) electrons. The summed E-state index contributed by atoms with van der Waals surface area (Å²) in [5.41, 5.74) is 0.355. The van der Waals surface area contributed by atoms with Gasteiger partial charge >= 0.3 is 6.18 Å². The maximum absolute atomic E-state index is 13.0. The van der Waals surface area contributed by atoms with Crippen LogP contribution in [0.4, 0.5) is 24.5 Å². The maximum Gasteiger partial charge on any atom is 0.416 e. The number of hydrogen-bond donors (Lipinski definition) is 0. The molecule has 0 aromatic heterocycles. The Kier molecular flexibility index (Phi) is 4.51. The first kappa shape index (κ1) is 16.5. The molecule has 0 saturated heterocycles. The second-order valence-electron chi connectivity index (χ2n) is 5.11. The lowest BCUT2D eigenvalue weighted by Gasteiger charge is -2.33. The number of rotatable bonds is 3. The molecule has 1 heterocycles. The highest BCUT2D eigenvalue weighted by molar-refractivity contribution is 9.09. The molecule has 1 unspecified atom stereocenters. The summed E-state index contributed by atoms with van der Waals surface area (Å²) in [5, 5.41) is 0.739. The predicted octanol–water partition coefficient (Wildman–Crippen LogP) is 5.11.